The number of pyridine rings is 1. The van der Waals surface area contributed by atoms with E-state index in [0.29, 0.717) is 11.7 Å². The fourth-order valence-electron chi connectivity index (χ4n) is 2.50. The molecule has 1 fully saturated rings. The van der Waals surface area contributed by atoms with Gasteiger partial charge in [0.2, 0.25) is 0 Å². The molecule has 1 saturated heterocycles. The summed E-state index contributed by atoms with van der Waals surface area (Å²) in [4.78, 5) is 8.65. The minimum absolute atomic E-state index is 0.615. The molecule has 22 heavy (non-hydrogen) atoms. The molecule has 0 saturated carbocycles. The lowest BCUT2D eigenvalue weighted by Crippen LogP contribution is -2.49. The van der Waals surface area contributed by atoms with Crippen LogP contribution in [0.25, 0.3) is 0 Å². The first-order chi connectivity index (χ1) is 10.8. The largest absolute Gasteiger partial charge is 0.491 e. The molecule has 0 aliphatic carbocycles. The predicted molar refractivity (Wildman–Crippen MR) is 90.0 cm³/mol. The van der Waals surface area contributed by atoms with Gasteiger partial charge in [-0.2, -0.15) is 5.10 Å². The molecule has 1 aromatic heterocycles. The second kappa shape index (κ2) is 6.74. The average molecular weight is 317 g/mol. The molecule has 0 amide bonds. The third-order valence-corrected chi connectivity index (χ3v) is 4.14. The van der Waals surface area contributed by atoms with Crippen molar-refractivity contribution in [3.05, 3.63) is 36.8 Å². The van der Waals surface area contributed by atoms with Crippen molar-refractivity contribution in [2.24, 2.45) is 5.10 Å². The molecule has 1 N–H and O–H groups in total. The summed E-state index contributed by atoms with van der Waals surface area (Å²) in [7, 11) is 0. The Bertz CT molecular complexity index is 595. The molecule has 6 nitrogen and oxygen atoms in total. The maximum absolute atomic E-state index is 5.57. The first kappa shape index (κ1) is 14.8. The van der Waals surface area contributed by atoms with Crippen molar-refractivity contribution in [2.45, 2.75) is 6.42 Å². The zero-order valence-corrected chi connectivity index (χ0v) is 13.2. The Balaban J connectivity index is 1.63. The van der Waals surface area contributed by atoms with Crippen LogP contribution in [-0.2, 0) is 0 Å². The number of hydrogen-bond acceptors (Lipinski definition) is 5. The van der Waals surface area contributed by atoms with Gasteiger partial charge < -0.3 is 14.5 Å². The van der Waals surface area contributed by atoms with Crippen LogP contribution in [0.1, 0.15) is 12.1 Å². The van der Waals surface area contributed by atoms with E-state index < -0.39 is 0 Å². The molecule has 0 unspecified atom stereocenters. The molecule has 0 bridgehead atoms. The molecule has 2 aliphatic heterocycles. The molecule has 2 aliphatic rings. The molecule has 0 spiro atoms. The molecular formula is C15H19N5OS. The Morgan fingerprint density at radius 3 is 3.00 bits per heavy atom. The van der Waals surface area contributed by atoms with Crippen molar-refractivity contribution >= 4 is 23.0 Å². The summed E-state index contributed by atoms with van der Waals surface area (Å²) in [5.74, 6) is 0.778. The molecule has 1 aromatic rings. The summed E-state index contributed by atoms with van der Waals surface area (Å²) in [6.45, 7) is 8.02. The summed E-state index contributed by atoms with van der Waals surface area (Å²) in [6.07, 6.45) is 4.35. The first-order valence-corrected chi connectivity index (χ1v) is 7.75. The third kappa shape index (κ3) is 3.19. The molecule has 3 rings (SSSR count). The van der Waals surface area contributed by atoms with E-state index in [1.165, 1.54) is 0 Å². The van der Waals surface area contributed by atoms with Gasteiger partial charge in [0.1, 0.15) is 11.4 Å². The number of hydrazone groups is 1. The van der Waals surface area contributed by atoms with Gasteiger partial charge in [0, 0.05) is 38.8 Å². The summed E-state index contributed by atoms with van der Waals surface area (Å²) >= 11 is 5.43. The summed E-state index contributed by atoms with van der Waals surface area (Å²) < 4.78 is 5.57. The highest BCUT2D eigenvalue weighted by Crippen LogP contribution is 2.21. The van der Waals surface area contributed by atoms with E-state index in [0.717, 1.165) is 49.8 Å². The van der Waals surface area contributed by atoms with Gasteiger partial charge in [0.15, 0.2) is 5.11 Å². The summed E-state index contributed by atoms with van der Waals surface area (Å²) in [5.41, 5.74) is 4.68. The van der Waals surface area contributed by atoms with Crippen molar-refractivity contribution in [3.8, 4) is 5.75 Å². The highest BCUT2D eigenvalue weighted by molar-refractivity contribution is 7.80. The van der Waals surface area contributed by atoms with E-state index in [1.807, 2.05) is 18.3 Å². The standard InChI is InChI=1S/C15H19N5OS/c1-2-19-7-9-20(10-8-19)15(22)18-17-12-5-11-21-13-4-3-6-16-14(12)13/h2-4,6H,1,5,7-11H2,(H,18,22)/b17-12-. The van der Waals surface area contributed by atoms with E-state index in [4.69, 9.17) is 17.0 Å². The quantitative estimate of drug-likeness (QED) is 0.653. The van der Waals surface area contributed by atoms with E-state index in [9.17, 15) is 0 Å². The van der Waals surface area contributed by atoms with Gasteiger partial charge in [-0.1, -0.05) is 6.58 Å². The summed E-state index contributed by atoms with van der Waals surface area (Å²) in [6, 6.07) is 3.77. The highest BCUT2D eigenvalue weighted by Gasteiger charge is 2.19. The number of piperazine rings is 1. The molecule has 7 heteroatoms. The smallest absolute Gasteiger partial charge is 0.189 e. The van der Waals surface area contributed by atoms with Crippen molar-refractivity contribution in [1.82, 2.24) is 20.2 Å². The van der Waals surface area contributed by atoms with E-state index in [-0.39, 0.29) is 0 Å². The topological polar surface area (TPSA) is 53.0 Å². The number of aromatic nitrogens is 1. The minimum Gasteiger partial charge on any atom is -0.491 e. The van der Waals surface area contributed by atoms with Crippen LogP contribution in [0, 0.1) is 0 Å². The van der Waals surface area contributed by atoms with E-state index >= 15 is 0 Å². The van der Waals surface area contributed by atoms with Crippen LogP contribution in [0.4, 0.5) is 0 Å². The SMILES string of the molecule is C=CN1CCN(C(=S)N/N=C2/CCOc3cccnc32)CC1. The number of fused-ring (bicyclic) bond motifs is 1. The molecule has 3 heterocycles. The van der Waals surface area contributed by atoms with Crippen LogP contribution in [0.2, 0.25) is 0 Å². The van der Waals surface area contributed by atoms with Crippen LogP contribution in [0.3, 0.4) is 0 Å². The Labute approximate surface area is 135 Å². The molecule has 0 atom stereocenters. The molecule has 116 valence electrons. The highest BCUT2D eigenvalue weighted by atomic mass is 32.1. The van der Waals surface area contributed by atoms with Crippen molar-refractivity contribution in [2.75, 3.05) is 32.8 Å². The Morgan fingerprint density at radius 2 is 2.23 bits per heavy atom. The lowest BCUT2D eigenvalue weighted by atomic mass is 10.1. The summed E-state index contributed by atoms with van der Waals surface area (Å²) in [5, 5.41) is 5.10. The predicted octanol–water partition coefficient (Wildman–Crippen LogP) is 1.20. The van der Waals surface area contributed by atoms with Gasteiger partial charge in [0.05, 0.1) is 12.3 Å². The zero-order chi connectivity index (χ0) is 15.4. The molecular weight excluding hydrogens is 298 g/mol. The number of hydrogen-bond donors (Lipinski definition) is 1. The van der Waals surface area contributed by atoms with E-state index in [2.05, 4.69) is 31.9 Å². The second-order valence-electron chi connectivity index (χ2n) is 5.13. The van der Waals surface area contributed by atoms with Crippen molar-refractivity contribution in [1.29, 1.82) is 0 Å². The second-order valence-corrected chi connectivity index (χ2v) is 5.52. The normalized spacial score (nSPS) is 19.4. The third-order valence-electron chi connectivity index (χ3n) is 3.79. The Kier molecular flexibility index (Phi) is 4.53. The lowest BCUT2D eigenvalue weighted by Gasteiger charge is -2.35. The fraction of sp³-hybridized carbons (Fsp3) is 0.400. The molecule has 0 aromatic carbocycles. The minimum atomic E-state index is 0.615. The van der Waals surface area contributed by atoms with Gasteiger partial charge in [-0.25, -0.2) is 0 Å². The van der Waals surface area contributed by atoms with Crippen LogP contribution < -0.4 is 10.2 Å². The number of nitrogens with zero attached hydrogens (tertiary/aromatic N) is 4. The van der Waals surface area contributed by atoms with Crippen molar-refractivity contribution < 1.29 is 4.74 Å². The Hall–Kier alpha value is -2.15. The first-order valence-electron chi connectivity index (χ1n) is 7.34. The van der Waals surface area contributed by atoms with Crippen LogP contribution in [0.15, 0.2) is 36.2 Å². The van der Waals surface area contributed by atoms with Gasteiger partial charge in [-0.15, -0.1) is 0 Å². The maximum Gasteiger partial charge on any atom is 0.189 e. The maximum atomic E-state index is 5.57. The number of nitrogens with one attached hydrogen (secondary N) is 1. The number of rotatable bonds is 2. The van der Waals surface area contributed by atoms with Crippen LogP contribution in [-0.4, -0.2) is 58.4 Å². The number of thiocarbonyl (C=S) groups is 1. The zero-order valence-electron chi connectivity index (χ0n) is 12.4. The molecule has 0 radical (unpaired) electrons. The van der Waals surface area contributed by atoms with Crippen molar-refractivity contribution in [3.63, 3.8) is 0 Å². The van der Waals surface area contributed by atoms with Crippen LogP contribution in [0.5, 0.6) is 5.75 Å². The van der Waals surface area contributed by atoms with Gasteiger partial charge in [-0.05, 0) is 30.6 Å². The Morgan fingerprint density at radius 1 is 1.41 bits per heavy atom. The fourth-order valence-corrected chi connectivity index (χ4v) is 2.73. The average Bonchev–Trinajstić information content (AvgIpc) is 2.59. The number of ether oxygens (including phenoxy) is 1. The monoisotopic (exact) mass is 317 g/mol. The van der Waals surface area contributed by atoms with Gasteiger partial charge in [-0.3, -0.25) is 10.4 Å². The van der Waals surface area contributed by atoms with Gasteiger partial charge >= 0.3 is 0 Å². The van der Waals surface area contributed by atoms with Crippen LogP contribution >= 0.6 is 12.2 Å². The van der Waals surface area contributed by atoms with E-state index in [1.54, 1.807) is 6.20 Å². The lowest BCUT2D eigenvalue weighted by molar-refractivity contribution is 0.236. The van der Waals surface area contributed by atoms with Gasteiger partial charge in [0.25, 0.3) is 0 Å².